The van der Waals surface area contributed by atoms with Crippen molar-refractivity contribution in [3.63, 3.8) is 0 Å². The molecule has 7 heteroatoms. The Morgan fingerprint density at radius 3 is 3.00 bits per heavy atom. The molecule has 1 fully saturated rings. The van der Waals surface area contributed by atoms with Crippen LogP contribution in [0.3, 0.4) is 0 Å². The highest BCUT2D eigenvalue weighted by atomic mass is 16.1. The highest BCUT2D eigenvalue weighted by molar-refractivity contribution is 6.14. The van der Waals surface area contributed by atoms with E-state index in [-0.39, 0.29) is 17.9 Å². The Morgan fingerprint density at radius 1 is 1.50 bits per heavy atom. The number of amides is 1. The number of H-pyrrole nitrogens is 1. The summed E-state index contributed by atoms with van der Waals surface area (Å²) in [6, 6.07) is 0.0405. The minimum atomic E-state index is -0.189. The zero-order valence-corrected chi connectivity index (χ0v) is 14.2. The van der Waals surface area contributed by atoms with E-state index in [2.05, 4.69) is 25.3 Å². The van der Waals surface area contributed by atoms with Gasteiger partial charge in [0.25, 0.3) is 5.91 Å². The summed E-state index contributed by atoms with van der Waals surface area (Å²) in [7, 11) is 1.77. The Hall–Kier alpha value is -2.57. The summed E-state index contributed by atoms with van der Waals surface area (Å²) in [6.45, 7) is 3.82. The molecule has 2 aromatic rings. The Morgan fingerprint density at radius 2 is 2.29 bits per heavy atom. The van der Waals surface area contributed by atoms with Crippen molar-refractivity contribution in [1.29, 1.82) is 5.41 Å². The predicted molar refractivity (Wildman–Crippen MR) is 94.0 cm³/mol. The van der Waals surface area contributed by atoms with Gasteiger partial charge in [-0.3, -0.25) is 9.79 Å². The van der Waals surface area contributed by atoms with Crippen molar-refractivity contribution < 1.29 is 4.79 Å². The molecule has 0 radical (unpaired) electrons. The number of carbonyl (C=O) groups excluding carboxylic acids is 1. The van der Waals surface area contributed by atoms with Crippen molar-refractivity contribution in [1.82, 2.24) is 20.3 Å². The fraction of sp³-hybridized carbons (Fsp3) is 0.471. The molecule has 1 saturated carbocycles. The van der Waals surface area contributed by atoms with Gasteiger partial charge in [0.05, 0.1) is 17.5 Å². The molecule has 3 N–H and O–H groups in total. The molecule has 0 saturated heterocycles. The molecule has 0 bridgehead atoms. The highest BCUT2D eigenvalue weighted by Gasteiger charge is 2.28. The molecule has 1 unspecified atom stereocenters. The van der Waals surface area contributed by atoms with Crippen LogP contribution >= 0.6 is 0 Å². The van der Waals surface area contributed by atoms with E-state index in [9.17, 15) is 4.79 Å². The van der Waals surface area contributed by atoms with Crippen LogP contribution in [0.2, 0.25) is 0 Å². The normalized spacial score (nSPS) is 19.3. The number of aliphatic imine (C=N–C) groups is 1. The van der Waals surface area contributed by atoms with Gasteiger partial charge in [-0.1, -0.05) is 0 Å². The standard InChI is InChI=1S/C17H22N6O/c1-9(2)22-17(24)11-7-20-16-15(11)23-13(8-21-16)14(18)10-5-4-6-12(10)19-3/h7-10,18H,4-6H2,1-3H3,(H,20,21)(H,22,24). The lowest BCUT2D eigenvalue weighted by Crippen LogP contribution is -2.30. The van der Waals surface area contributed by atoms with Crippen molar-refractivity contribution in [2.45, 2.75) is 39.2 Å². The molecule has 0 spiro atoms. The smallest absolute Gasteiger partial charge is 0.255 e. The van der Waals surface area contributed by atoms with Crippen LogP contribution in [0.5, 0.6) is 0 Å². The quantitative estimate of drug-likeness (QED) is 0.750. The fourth-order valence-electron chi connectivity index (χ4n) is 3.12. The molecule has 0 aliphatic heterocycles. The van der Waals surface area contributed by atoms with Crippen molar-refractivity contribution in [2.24, 2.45) is 10.9 Å². The molecular formula is C17H22N6O. The third-order valence-corrected chi connectivity index (χ3v) is 4.28. The third-order valence-electron chi connectivity index (χ3n) is 4.28. The summed E-state index contributed by atoms with van der Waals surface area (Å²) in [5, 5.41) is 11.3. The molecule has 3 rings (SSSR count). The van der Waals surface area contributed by atoms with E-state index in [1.54, 1.807) is 19.4 Å². The Kier molecular flexibility index (Phi) is 4.42. The molecule has 1 atom stereocenters. The van der Waals surface area contributed by atoms with Crippen molar-refractivity contribution >= 4 is 28.5 Å². The SMILES string of the molecule is CN=C1CCCC1C(=N)c1cnc2[nH]cc(C(=O)NC(C)C)c2n1. The second-order valence-corrected chi connectivity index (χ2v) is 6.36. The Labute approximate surface area is 140 Å². The number of nitrogens with one attached hydrogen (secondary N) is 3. The average Bonchev–Trinajstić information content (AvgIpc) is 3.19. The van der Waals surface area contributed by atoms with E-state index in [0.717, 1.165) is 25.0 Å². The molecule has 126 valence electrons. The largest absolute Gasteiger partial charge is 0.350 e. The number of hydrogen-bond acceptors (Lipinski definition) is 5. The topological polar surface area (TPSA) is 107 Å². The molecule has 2 heterocycles. The first kappa shape index (κ1) is 16.3. The number of aromatic amines is 1. The molecule has 1 amide bonds. The van der Waals surface area contributed by atoms with E-state index in [1.807, 2.05) is 13.8 Å². The van der Waals surface area contributed by atoms with Crippen LogP contribution in [-0.4, -0.2) is 45.4 Å². The molecule has 1 aliphatic rings. The average molecular weight is 326 g/mol. The molecule has 0 aromatic carbocycles. The summed E-state index contributed by atoms with van der Waals surface area (Å²) in [6.07, 6.45) is 6.10. The minimum Gasteiger partial charge on any atom is -0.350 e. The van der Waals surface area contributed by atoms with Crippen LogP contribution in [0, 0.1) is 11.3 Å². The summed E-state index contributed by atoms with van der Waals surface area (Å²) in [4.78, 5) is 28.4. The fourth-order valence-corrected chi connectivity index (χ4v) is 3.12. The van der Waals surface area contributed by atoms with Gasteiger partial charge in [-0.25, -0.2) is 9.97 Å². The number of rotatable bonds is 4. The maximum absolute atomic E-state index is 12.3. The summed E-state index contributed by atoms with van der Waals surface area (Å²) in [5.74, 6) is -0.181. The predicted octanol–water partition coefficient (Wildman–Crippen LogP) is 2.33. The minimum absolute atomic E-state index is 0.00799. The summed E-state index contributed by atoms with van der Waals surface area (Å²) in [5.41, 5.74) is 3.50. The van der Waals surface area contributed by atoms with Crippen molar-refractivity contribution in [2.75, 3.05) is 7.05 Å². The lowest BCUT2D eigenvalue weighted by Gasteiger charge is -2.12. The lowest BCUT2D eigenvalue weighted by molar-refractivity contribution is 0.0944. The Balaban J connectivity index is 1.96. The first-order valence-electron chi connectivity index (χ1n) is 8.20. The van der Waals surface area contributed by atoms with Gasteiger partial charge in [-0.2, -0.15) is 0 Å². The van der Waals surface area contributed by atoms with Gasteiger partial charge in [0, 0.05) is 30.9 Å². The van der Waals surface area contributed by atoms with E-state index in [1.165, 1.54) is 0 Å². The number of carbonyl (C=O) groups is 1. The number of fused-ring (bicyclic) bond motifs is 1. The van der Waals surface area contributed by atoms with Crippen LogP contribution in [0.1, 0.15) is 49.2 Å². The first-order valence-corrected chi connectivity index (χ1v) is 8.20. The molecule has 2 aromatic heterocycles. The van der Waals surface area contributed by atoms with Gasteiger partial charge in [0.1, 0.15) is 11.2 Å². The molecule has 1 aliphatic carbocycles. The maximum atomic E-state index is 12.3. The maximum Gasteiger partial charge on any atom is 0.255 e. The molecule has 7 nitrogen and oxygen atoms in total. The van der Waals surface area contributed by atoms with Crippen molar-refractivity contribution in [3.05, 3.63) is 23.7 Å². The van der Waals surface area contributed by atoms with Crippen LogP contribution in [-0.2, 0) is 0 Å². The van der Waals surface area contributed by atoms with Crippen LogP contribution in [0.4, 0.5) is 0 Å². The van der Waals surface area contributed by atoms with E-state index in [4.69, 9.17) is 5.41 Å². The Bertz CT molecular complexity index is 820. The zero-order valence-electron chi connectivity index (χ0n) is 14.2. The second kappa shape index (κ2) is 6.51. The van der Waals surface area contributed by atoms with Crippen LogP contribution < -0.4 is 5.32 Å². The van der Waals surface area contributed by atoms with E-state index < -0.39 is 0 Å². The van der Waals surface area contributed by atoms with Gasteiger partial charge in [0.15, 0.2) is 5.65 Å². The van der Waals surface area contributed by atoms with E-state index in [0.29, 0.717) is 28.1 Å². The first-order chi connectivity index (χ1) is 11.5. The summed E-state index contributed by atoms with van der Waals surface area (Å²) >= 11 is 0. The van der Waals surface area contributed by atoms with Gasteiger partial charge in [0.2, 0.25) is 0 Å². The lowest BCUT2D eigenvalue weighted by atomic mass is 9.98. The summed E-state index contributed by atoms with van der Waals surface area (Å²) < 4.78 is 0. The number of aromatic nitrogens is 3. The monoisotopic (exact) mass is 326 g/mol. The van der Waals surface area contributed by atoms with Crippen molar-refractivity contribution in [3.8, 4) is 0 Å². The van der Waals surface area contributed by atoms with Gasteiger partial charge in [-0.05, 0) is 33.1 Å². The highest BCUT2D eigenvalue weighted by Crippen LogP contribution is 2.26. The van der Waals surface area contributed by atoms with Crippen LogP contribution in [0.25, 0.3) is 11.2 Å². The zero-order chi connectivity index (χ0) is 17.3. The second-order valence-electron chi connectivity index (χ2n) is 6.36. The number of nitrogens with zero attached hydrogens (tertiary/aromatic N) is 3. The van der Waals surface area contributed by atoms with Crippen LogP contribution in [0.15, 0.2) is 17.4 Å². The van der Waals surface area contributed by atoms with E-state index >= 15 is 0 Å². The number of hydrogen-bond donors (Lipinski definition) is 3. The van der Waals surface area contributed by atoms with Gasteiger partial charge >= 0.3 is 0 Å². The molecular weight excluding hydrogens is 304 g/mol. The van der Waals surface area contributed by atoms with Gasteiger partial charge < -0.3 is 15.7 Å². The van der Waals surface area contributed by atoms with Gasteiger partial charge in [-0.15, -0.1) is 0 Å². The third kappa shape index (κ3) is 2.93. The molecule has 24 heavy (non-hydrogen) atoms.